The molecule has 0 aromatic heterocycles. The van der Waals surface area contributed by atoms with Crippen LogP contribution in [0.5, 0.6) is 0 Å². The molecule has 0 bridgehead atoms. The SMILES string of the molecule is CC(C)CCNc1ccc(C(=O)NC(C)C)cc1. The molecule has 0 unspecified atom stereocenters. The molecule has 18 heavy (non-hydrogen) atoms. The van der Waals surface area contributed by atoms with E-state index in [4.69, 9.17) is 0 Å². The first-order valence-corrected chi connectivity index (χ1v) is 6.64. The second-order valence-electron chi connectivity index (χ2n) is 5.31. The first-order valence-electron chi connectivity index (χ1n) is 6.64. The van der Waals surface area contributed by atoms with E-state index in [9.17, 15) is 4.79 Å². The smallest absolute Gasteiger partial charge is 0.251 e. The summed E-state index contributed by atoms with van der Waals surface area (Å²) in [5.41, 5.74) is 1.77. The van der Waals surface area contributed by atoms with Crippen molar-refractivity contribution in [3.05, 3.63) is 29.8 Å². The number of carbonyl (C=O) groups is 1. The summed E-state index contributed by atoms with van der Waals surface area (Å²) in [4.78, 5) is 11.7. The van der Waals surface area contributed by atoms with Gasteiger partial charge in [-0.05, 0) is 50.5 Å². The third-order valence-electron chi connectivity index (χ3n) is 2.62. The molecule has 0 heterocycles. The van der Waals surface area contributed by atoms with Gasteiger partial charge in [0, 0.05) is 23.8 Å². The van der Waals surface area contributed by atoms with Gasteiger partial charge in [-0.25, -0.2) is 0 Å². The molecule has 1 aromatic carbocycles. The van der Waals surface area contributed by atoms with Crippen LogP contribution >= 0.6 is 0 Å². The molecule has 0 aliphatic carbocycles. The zero-order valence-corrected chi connectivity index (χ0v) is 11.8. The van der Waals surface area contributed by atoms with Gasteiger partial charge in [0.1, 0.15) is 0 Å². The highest BCUT2D eigenvalue weighted by Crippen LogP contribution is 2.10. The quantitative estimate of drug-likeness (QED) is 0.811. The number of amides is 1. The molecule has 3 nitrogen and oxygen atoms in total. The van der Waals surface area contributed by atoms with Gasteiger partial charge in [-0.1, -0.05) is 13.8 Å². The van der Waals surface area contributed by atoms with Gasteiger partial charge in [-0.15, -0.1) is 0 Å². The Kier molecular flexibility index (Phi) is 5.69. The minimum absolute atomic E-state index is 0.0151. The Bertz CT molecular complexity index is 369. The topological polar surface area (TPSA) is 41.1 Å². The standard InChI is InChI=1S/C15H24N2O/c1-11(2)9-10-16-14-7-5-13(6-8-14)15(18)17-12(3)4/h5-8,11-12,16H,9-10H2,1-4H3,(H,17,18). The highest BCUT2D eigenvalue weighted by atomic mass is 16.1. The number of carbonyl (C=O) groups excluding carboxylic acids is 1. The summed E-state index contributed by atoms with van der Waals surface area (Å²) in [5, 5.41) is 6.23. The fourth-order valence-electron chi connectivity index (χ4n) is 1.59. The lowest BCUT2D eigenvalue weighted by Gasteiger charge is -2.10. The Hall–Kier alpha value is -1.51. The van der Waals surface area contributed by atoms with E-state index in [0.29, 0.717) is 11.5 Å². The minimum atomic E-state index is -0.0151. The molecule has 0 saturated carbocycles. The van der Waals surface area contributed by atoms with Crippen LogP contribution in [-0.4, -0.2) is 18.5 Å². The molecule has 0 radical (unpaired) electrons. The van der Waals surface area contributed by atoms with Crippen molar-refractivity contribution in [1.29, 1.82) is 0 Å². The Balaban J connectivity index is 2.49. The Morgan fingerprint density at radius 1 is 1.11 bits per heavy atom. The fourth-order valence-corrected chi connectivity index (χ4v) is 1.59. The average molecular weight is 248 g/mol. The van der Waals surface area contributed by atoms with Crippen LogP contribution in [-0.2, 0) is 0 Å². The predicted molar refractivity (Wildman–Crippen MR) is 77.0 cm³/mol. The van der Waals surface area contributed by atoms with Crippen molar-refractivity contribution >= 4 is 11.6 Å². The Morgan fingerprint density at radius 3 is 2.22 bits per heavy atom. The first-order chi connectivity index (χ1) is 8.49. The Morgan fingerprint density at radius 2 is 1.72 bits per heavy atom. The van der Waals surface area contributed by atoms with Crippen molar-refractivity contribution in [2.75, 3.05) is 11.9 Å². The molecule has 2 N–H and O–H groups in total. The maximum atomic E-state index is 11.7. The van der Waals surface area contributed by atoms with E-state index in [1.807, 2.05) is 38.1 Å². The first kappa shape index (κ1) is 14.6. The van der Waals surface area contributed by atoms with E-state index in [0.717, 1.165) is 18.7 Å². The van der Waals surface area contributed by atoms with Crippen LogP contribution in [0.3, 0.4) is 0 Å². The predicted octanol–water partition coefficient (Wildman–Crippen LogP) is 3.28. The number of hydrogen-bond donors (Lipinski definition) is 2. The zero-order valence-electron chi connectivity index (χ0n) is 11.8. The van der Waals surface area contributed by atoms with Crippen molar-refractivity contribution in [2.45, 2.75) is 40.2 Å². The van der Waals surface area contributed by atoms with Crippen molar-refractivity contribution in [3.63, 3.8) is 0 Å². The highest BCUT2D eigenvalue weighted by Gasteiger charge is 2.06. The number of rotatable bonds is 6. The van der Waals surface area contributed by atoms with Crippen LogP contribution < -0.4 is 10.6 Å². The van der Waals surface area contributed by atoms with E-state index in [1.54, 1.807) is 0 Å². The molecule has 100 valence electrons. The van der Waals surface area contributed by atoms with Gasteiger partial charge in [0.15, 0.2) is 0 Å². The summed E-state index contributed by atoms with van der Waals surface area (Å²) in [7, 11) is 0. The largest absolute Gasteiger partial charge is 0.385 e. The van der Waals surface area contributed by atoms with Crippen molar-refractivity contribution in [3.8, 4) is 0 Å². The summed E-state index contributed by atoms with van der Waals surface area (Å²) in [6.07, 6.45) is 1.15. The third-order valence-corrected chi connectivity index (χ3v) is 2.62. The van der Waals surface area contributed by atoms with Crippen LogP contribution in [0.15, 0.2) is 24.3 Å². The van der Waals surface area contributed by atoms with E-state index in [1.165, 1.54) is 0 Å². The van der Waals surface area contributed by atoms with E-state index < -0.39 is 0 Å². The molecule has 1 aromatic rings. The maximum Gasteiger partial charge on any atom is 0.251 e. The van der Waals surface area contributed by atoms with Crippen molar-refractivity contribution < 1.29 is 4.79 Å². The molecular weight excluding hydrogens is 224 g/mol. The van der Waals surface area contributed by atoms with Gasteiger partial charge < -0.3 is 10.6 Å². The van der Waals surface area contributed by atoms with Gasteiger partial charge in [-0.2, -0.15) is 0 Å². The van der Waals surface area contributed by atoms with Gasteiger partial charge >= 0.3 is 0 Å². The van der Waals surface area contributed by atoms with Crippen molar-refractivity contribution in [1.82, 2.24) is 5.32 Å². The maximum absolute atomic E-state index is 11.7. The molecule has 0 aliphatic rings. The van der Waals surface area contributed by atoms with Crippen LogP contribution in [0, 0.1) is 5.92 Å². The normalized spacial score (nSPS) is 10.8. The van der Waals surface area contributed by atoms with Crippen LogP contribution in [0.25, 0.3) is 0 Å². The molecule has 1 rings (SSSR count). The summed E-state index contributed by atoms with van der Waals surface area (Å²) in [6, 6.07) is 7.79. The molecule has 0 atom stereocenters. The molecule has 1 amide bonds. The van der Waals surface area contributed by atoms with E-state index in [-0.39, 0.29) is 11.9 Å². The van der Waals surface area contributed by atoms with Gasteiger partial charge in [-0.3, -0.25) is 4.79 Å². The number of hydrogen-bond acceptors (Lipinski definition) is 2. The average Bonchev–Trinajstić information content (AvgIpc) is 2.28. The third kappa shape index (κ3) is 5.21. The van der Waals surface area contributed by atoms with Gasteiger partial charge in [0.05, 0.1) is 0 Å². The van der Waals surface area contributed by atoms with Gasteiger partial charge in [0.2, 0.25) is 0 Å². The summed E-state index contributed by atoms with van der Waals surface area (Å²) in [6.45, 7) is 9.30. The second-order valence-corrected chi connectivity index (χ2v) is 5.31. The van der Waals surface area contributed by atoms with Crippen LogP contribution in [0.2, 0.25) is 0 Å². The fraction of sp³-hybridized carbons (Fsp3) is 0.533. The Labute approximate surface area is 110 Å². The lowest BCUT2D eigenvalue weighted by atomic mass is 10.1. The summed E-state index contributed by atoms with van der Waals surface area (Å²) in [5.74, 6) is 0.687. The molecule has 3 heteroatoms. The lowest BCUT2D eigenvalue weighted by Crippen LogP contribution is -2.29. The minimum Gasteiger partial charge on any atom is -0.385 e. The monoisotopic (exact) mass is 248 g/mol. The zero-order chi connectivity index (χ0) is 13.5. The lowest BCUT2D eigenvalue weighted by molar-refractivity contribution is 0.0943. The van der Waals surface area contributed by atoms with Crippen LogP contribution in [0.4, 0.5) is 5.69 Å². The number of benzene rings is 1. The summed E-state index contributed by atoms with van der Waals surface area (Å²) >= 11 is 0. The molecule has 0 saturated heterocycles. The molecule has 0 fully saturated rings. The van der Waals surface area contributed by atoms with E-state index >= 15 is 0 Å². The second kappa shape index (κ2) is 7.04. The van der Waals surface area contributed by atoms with E-state index in [2.05, 4.69) is 24.5 Å². The van der Waals surface area contributed by atoms with Crippen molar-refractivity contribution in [2.24, 2.45) is 5.92 Å². The van der Waals surface area contributed by atoms with Gasteiger partial charge in [0.25, 0.3) is 5.91 Å². The summed E-state index contributed by atoms with van der Waals surface area (Å²) < 4.78 is 0. The molecule has 0 aliphatic heterocycles. The van der Waals surface area contributed by atoms with Crippen LogP contribution in [0.1, 0.15) is 44.5 Å². The number of nitrogens with one attached hydrogen (secondary N) is 2. The molecule has 0 spiro atoms. The highest BCUT2D eigenvalue weighted by molar-refractivity contribution is 5.94. The molecular formula is C15H24N2O. The number of anilines is 1.